The predicted molar refractivity (Wildman–Crippen MR) is 91.3 cm³/mol. The molecule has 1 amide bonds. The Labute approximate surface area is 148 Å². The number of amides is 1. The number of rotatable bonds is 7. The third-order valence-corrected chi connectivity index (χ3v) is 4.02. The van der Waals surface area contributed by atoms with E-state index in [0.29, 0.717) is 5.69 Å². The van der Waals surface area contributed by atoms with Crippen molar-refractivity contribution in [2.45, 2.75) is 32.4 Å². The van der Waals surface area contributed by atoms with Crippen LogP contribution >= 0.6 is 0 Å². The minimum Gasteiger partial charge on any atom is -0.478 e. The summed E-state index contributed by atoms with van der Waals surface area (Å²) in [7, 11) is 0. The number of furan rings is 1. The van der Waals surface area contributed by atoms with E-state index >= 15 is 0 Å². The number of nitro benzene ring substituents is 1. The molecule has 136 valence electrons. The summed E-state index contributed by atoms with van der Waals surface area (Å²) in [5.41, 5.74) is 0.397. The summed E-state index contributed by atoms with van der Waals surface area (Å²) in [4.78, 5) is 34.0. The zero-order valence-corrected chi connectivity index (χ0v) is 13.9. The quantitative estimate of drug-likeness (QED) is 0.511. The number of carbonyl (C=O) groups excluding carboxylic acids is 1. The fourth-order valence-corrected chi connectivity index (χ4v) is 2.51. The molecule has 1 saturated carbocycles. The van der Waals surface area contributed by atoms with Crippen molar-refractivity contribution in [3.63, 3.8) is 0 Å². The number of benzene rings is 1. The molecule has 1 heterocycles. The normalized spacial score (nSPS) is 13.3. The van der Waals surface area contributed by atoms with Gasteiger partial charge in [0.05, 0.1) is 11.5 Å². The van der Waals surface area contributed by atoms with Crippen LogP contribution in [0.25, 0.3) is 0 Å². The van der Waals surface area contributed by atoms with Crippen molar-refractivity contribution in [3.05, 3.63) is 57.0 Å². The van der Waals surface area contributed by atoms with Crippen LogP contribution in [0, 0.1) is 17.0 Å². The Kier molecular flexibility index (Phi) is 4.61. The molecular weight excluding hydrogens is 342 g/mol. The summed E-state index contributed by atoms with van der Waals surface area (Å²) in [6.07, 6.45) is 1.95. The second-order valence-corrected chi connectivity index (χ2v) is 6.08. The van der Waals surface area contributed by atoms with Crippen LogP contribution < -0.4 is 10.6 Å². The van der Waals surface area contributed by atoms with Crippen molar-refractivity contribution >= 4 is 23.3 Å². The second kappa shape index (κ2) is 6.87. The van der Waals surface area contributed by atoms with E-state index < -0.39 is 16.8 Å². The first kappa shape index (κ1) is 17.5. The number of aryl methyl sites for hydroxylation is 1. The summed E-state index contributed by atoms with van der Waals surface area (Å²) < 4.78 is 5.28. The number of nitrogens with zero attached hydrogens (tertiary/aromatic N) is 1. The number of carboxylic acid groups (broad SMARTS) is 1. The molecule has 9 heteroatoms. The van der Waals surface area contributed by atoms with Gasteiger partial charge in [0, 0.05) is 17.7 Å². The van der Waals surface area contributed by atoms with Crippen LogP contribution in [-0.4, -0.2) is 27.9 Å². The number of hydrogen-bond donors (Lipinski definition) is 3. The van der Waals surface area contributed by atoms with Crippen molar-refractivity contribution in [2.24, 2.45) is 0 Å². The first-order chi connectivity index (χ1) is 12.3. The van der Waals surface area contributed by atoms with Gasteiger partial charge in [0.15, 0.2) is 0 Å². The molecule has 1 aliphatic rings. The summed E-state index contributed by atoms with van der Waals surface area (Å²) in [5, 5.41) is 25.9. The van der Waals surface area contributed by atoms with Crippen LogP contribution in [0.15, 0.2) is 28.7 Å². The van der Waals surface area contributed by atoms with Gasteiger partial charge in [-0.1, -0.05) is 0 Å². The molecule has 0 saturated heterocycles. The Bertz CT molecular complexity index is 885. The zero-order chi connectivity index (χ0) is 18.8. The summed E-state index contributed by atoms with van der Waals surface area (Å²) >= 11 is 0. The van der Waals surface area contributed by atoms with Gasteiger partial charge >= 0.3 is 5.97 Å². The van der Waals surface area contributed by atoms with E-state index in [1.54, 1.807) is 0 Å². The van der Waals surface area contributed by atoms with E-state index in [9.17, 15) is 19.7 Å². The summed E-state index contributed by atoms with van der Waals surface area (Å²) in [5.74, 6) is -1.10. The smallest absolute Gasteiger partial charge is 0.339 e. The standard InChI is InChI=1S/C17H17N3O6/c1-9-13(17(22)23)7-12(26-9)8-18-16(21)10-2-5-14(19-11-3-4-11)15(6-10)20(24)25/h2,5-7,11,19H,3-4,8H2,1H3,(H,18,21)(H,22,23). The molecule has 0 aliphatic heterocycles. The SMILES string of the molecule is Cc1oc(CNC(=O)c2ccc(NC3CC3)c([N+](=O)[O-])c2)cc1C(=O)O. The Balaban J connectivity index is 1.71. The van der Waals surface area contributed by atoms with Crippen LogP contribution in [0.3, 0.4) is 0 Å². The van der Waals surface area contributed by atoms with Crippen molar-refractivity contribution in [3.8, 4) is 0 Å². The Morgan fingerprint density at radius 2 is 2.08 bits per heavy atom. The fraction of sp³-hybridized carbons (Fsp3) is 0.294. The maximum absolute atomic E-state index is 12.3. The molecule has 0 atom stereocenters. The van der Waals surface area contributed by atoms with Crippen LogP contribution in [0.2, 0.25) is 0 Å². The summed E-state index contributed by atoms with van der Waals surface area (Å²) in [6.45, 7) is 1.49. The van der Waals surface area contributed by atoms with Crippen molar-refractivity contribution in [1.82, 2.24) is 5.32 Å². The predicted octanol–water partition coefficient (Wildman–Crippen LogP) is 2.70. The molecule has 0 radical (unpaired) electrons. The van der Waals surface area contributed by atoms with Gasteiger partial charge in [-0.25, -0.2) is 4.79 Å². The second-order valence-electron chi connectivity index (χ2n) is 6.08. The number of aromatic carboxylic acids is 1. The third kappa shape index (κ3) is 3.82. The molecule has 1 aromatic carbocycles. The highest BCUT2D eigenvalue weighted by atomic mass is 16.6. The lowest BCUT2D eigenvalue weighted by Gasteiger charge is -2.08. The third-order valence-electron chi connectivity index (χ3n) is 4.02. The average Bonchev–Trinajstić information content (AvgIpc) is 3.32. The van der Waals surface area contributed by atoms with E-state index in [1.165, 1.54) is 31.2 Å². The van der Waals surface area contributed by atoms with E-state index in [4.69, 9.17) is 9.52 Å². The average molecular weight is 359 g/mol. The van der Waals surface area contributed by atoms with Crippen molar-refractivity contribution < 1.29 is 24.0 Å². The van der Waals surface area contributed by atoms with Crippen molar-refractivity contribution in [2.75, 3.05) is 5.32 Å². The van der Waals surface area contributed by atoms with Crippen LogP contribution in [-0.2, 0) is 6.54 Å². The van der Waals surface area contributed by atoms with Gasteiger partial charge in [-0.3, -0.25) is 14.9 Å². The highest BCUT2D eigenvalue weighted by Crippen LogP contribution is 2.31. The molecule has 0 spiro atoms. The lowest BCUT2D eigenvalue weighted by Crippen LogP contribution is -2.22. The highest BCUT2D eigenvalue weighted by Gasteiger charge is 2.25. The fourth-order valence-electron chi connectivity index (χ4n) is 2.51. The highest BCUT2D eigenvalue weighted by molar-refractivity contribution is 5.95. The van der Waals surface area contributed by atoms with Crippen molar-refractivity contribution in [1.29, 1.82) is 0 Å². The molecule has 9 nitrogen and oxygen atoms in total. The molecule has 2 aromatic rings. The van der Waals surface area contributed by atoms with Gasteiger partial charge < -0.3 is 20.2 Å². The van der Waals surface area contributed by atoms with Crippen LogP contribution in [0.5, 0.6) is 0 Å². The maximum atomic E-state index is 12.3. The van der Waals surface area contributed by atoms with Gasteiger partial charge in [0.1, 0.15) is 22.8 Å². The molecule has 1 aromatic heterocycles. The molecule has 0 bridgehead atoms. The lowest BCUT2D eigenvalue weighted by atomic mass is 10.1. The monoisotopic (exact) mass is 359 g/mol. The van der Waals surface area contributed by atoms with Crippen LogP contribution in [0.4, 0.5) is 11.4 Å². The minimum atomic E-state index is -1.11. The van der Waals surface area contributed by atoms with E-state index in [2.05, 4.69) is 10.6 Å². The first-order valence-electron chi connectivity index (χ1n) is 8.01. The number of carbonyl (C=O) groups is 2. The van der Waals surface area contributed by atoms with Gasteiger partial charge in [-0.05, 0) is 38.0 Å². The minimum absolute atomic E-state index is 0.0250. The number of nitrogens with one attached hydrogen (secondary N) is 2. The molecule has 3 rings (SSSR count). The number of hydrogen-bond acceptors (Lipinski definition) is 6. The van der Waals surface area contributed by atoms with Gasteiger partial charge in [-0.15, -0.1) is 0 Å². The molecule has 1 fully saturated rings. The van der Waals surface area contributed by atoms with E-state index in [0.717, 1.165) is 12.8 Å². The van der Waals surface area contributed by atoms with Gasteiger partial charge in [0.25, 0.3) is 11.6 Å². The molecule has 0 unspecified atom stereocenters. The Morgan fingerprint density at radius 3 is 2.65 bits per heavy atom. The Hall–Kier alpha value is -3.36. The largest absolute Gasteiger partial charge is 0.478 e. The van der Waals surface area contributed by atoms with E-state index in [1.807, 2.05) is 0 Å². The van der Waals surface area contributed by atoms with Crippen LogP contribution in [0.1, 0.15) is 45.1 Å². The molecule has 26 heavy (non-hydrogen) atoms. The van der Waals surface area contributed by atoms with E-state index in [-0.39, 0.29) is 40.9 Å². The molecule has 3 N–H and O–H groups in total. The molecule has 1 aliphatic carbocycles. The number of anilines is 1. The summed E-state index contributed by atoms with van der Waals surface area (Å²) in [6, 6.07) is 5.83. The lowest BCUT2D eigenvalue weighted by molar-refractivity contribution is -0.384. The first-order valence-corrected chi connectivity index (χ1v) is 8.01. The maximum Gasteiger partial charge on any atom is 0.339 e. The Morgan fingerprint density at radius 1 is 1.35 bits per heavy atom. The topological polar surface area (TPSA) is 135 Å². The van der Waals surface area contributed by atoms with Gasteiger partial charge in [-0.2, -0.15) is 0 Å². The van der Waals surface area contributed by atoms with Gasteiger partial charge in [0.2, 0.25) is 0 Å². The number of nitro groups is 1. The zero-order valence-electron chi connectivity index (χ0n) is 13.9. The number of carboxylic acids is 1. The molecular formula is C17H17N3O6.